The molecule has 0 fully saturated rings. The quantitative estimate of drug-likeness (QED) is 0.736. The Balaban J connectivity index is 2.79. The van der Waals surface area contributed by atoms with Crippen molar-refractivity contribution in [3.63, 3.8) is 0 Å². The largest absolute Gasteiger partial charge is 0.440 e. The van der Waals surface area contributed by atoms with Crippen LogP contribution >= 0.6 is 11.6 Å². The summed E-state index contributed by atoms with van der Waals surface area (Å²) in [6.45, 7) is 3.87. The van der Waals surface area contributed by atoms with Gasteiger partial charge in [-0.1, -0.05) is 0 Å². The Morgan fingerprint density at radius 1 is 1.54 bits per heavy atom. The normalized spacial score (nSPS) is 10.5. The van der Waals surface area contributed by atoms with E-state index in [2.05, 4.69) is 0 Å². The lowest BCUT2D eigenvalue weighted by Gasteiger charge is -2.19. The van der Waals surface area contributed by atoms with Gasteiger partial charge in [-0.2, -0.15) is 0 Å². The summed E-state index contributed by atoms with van der Waals surface area (Å²) in [5.41, 5.74) is 0. The van der Waals surface area contributed by atoms with Gasteiger partial charge in [-0.15, -0.1) is 0 Å². The summed E-state index contributed by atoms with van der Waals surface area (Å²) in [5.74, 6) is 0.128. The first-order valence-electron chi connectivity index (χ1n) is 4.05. The summed E-state index contributed by atoms with van der Waals surface area (Å²) in [6.07, 6.45) is 0. The highest BCUT2D eigenvalue weighted by molar-refractivity contribution is 6.29. The first-order valence-corrected chi connectivity index (χ1v) is 4.42. The molecule has 0 saturated carbocycles. The minimum atomic E-state index is -0.151. The zero-order chi connectivity index (χ0) is 10.0. The van der Waals surface area contributed by atoms with Crippen molar-refractivity contribution >= 4 is 17.5 Å². The topological polar surface area (TPSA) is 33.5 Å². The van der Waals surface area contributed by atoms with Crippen LogP contribution in [0.15, 0.2) is 16.5 Å². The summed E-state index contributed by atoms with van der Waals surface area (Å²) < 4.78 is 4.99. The van der Waals surface area contributed by atoms with Crippen LogP contribution in [-0.4, -0.2) is 23.9 Å². The first-order chi connectivity index (χ1) is 6.02. The van der Waals surface area contributed by atoms with Crippen molar-refractivity contribution in [2.75, 3.05) is 7.05 Å². The van der Waals surface area contributed by atoms with Gasteiger partial charge in [-0.25, -0.2) is 0 Å². The molecule has 0 aliphatic rings. The predicted molar refractivity (Wildman–Crippen MR) is 50.9 cm³/mol. The highest BCUT2D eigenvalue weighted by Crippen LogP contribution is 2.15. The van der Waals surface area contributed by atoms with E-state index in [1.54, 1.807) is 24.1 Å². The second-order valence-corrected chi connectivity index (χ2v) is 3.49. The molecular weight excluding hydrogens is 190 g/mol. The second kappa shape index (κ2) is 3.83. The molecule has 1 heterocycles. The molecule has 0 saturated heterocycles. The number of hydrogen-bond donors (Lipinski definition) is 0. The Kier molecular flexibility index (Phi) is 2.98. The van der Waals surface area contributed by atoms with Gasteiger partial charge in [0.1, 0.15) is 0 Å². The summed E-state index contributed by atoms with van der Waals surface area (Å²) in [6, 6.07) is 3.28. The van der Waals surface area contributed by atoms with Crippen molar-refractivity contribution in [3.8, 4) is 0 Å². The smallest absolute Gasteiger partial charge is 0.289 e. The molecular formula is C9H12ClNO2. The van der Waals surface area contributed by atoms with Crippen molar-refractivity contribution in [2.45, 2.75) is 19.9 Å². The second-order valence-electron chi connectivity index (χ2n) is 3.11. The summed E-state index contributed by atoms with van der Waals surface area (Å²) in [4.78, 5) is 13.2. The van der Waals surface area contributed by atoms with Gasteiger partial charge in [0.25, 0.3) is 5.91 Å². The minimum absolute atomic E-state index is 0.149. The van der Waals surface area contributed by atoms with Gasteiger partial charge >= 0.3 is 0 Å². The Bertz CT molecular complexity index is 306. The maximum Gasteiger partial charge on any atom is 0.289 e. The first kappa shape index (κ1) is 10.1. The Hall–Kier alpha value is -0.960. The molecule has 0 atom stereocenters. The van der Waals surface area contributed by atoms with Crippen molar-refractivity contribution in [3.05, 3.63) is 23.1 Å². The van der Waals surface area contributed by atoms with Crippen molar-refractivity contribution in [1.82, 2.24) is 4.90 Å². The van der Waals surface area contributed by atoms with Crippen molar-refractivity contribution in [2.24, 2.45) is 0 Å². The Morgan fingerprint density at radius 3 is 2.54 bits per heavy atom. The number of carbonyl (C=O) groups is 1. The van der Waals surface area contributed by atoms with Crippen LogP contribution in [0.2, 0.25) is 5.22 Å². The van der Waals surface area contributed by atoms with Crippen LogP contribution in [0, 0.1) is 0 Å². The number of halogens is 1. The van der Waals surface area contributed by atoms with Gasteiger partial charge in [0.05, 0.1) is 0 Å². The molecule has 0 unspecified atom stereocenters. The molecule has 0 aliphatic carbocycles. The molecule has 1 rings (SSSR count). The number of amides is 1. The van der Waals surface area contributed by atoms with E-state index >= 15 is 0 Å². The lowest BCUT2D eigenvalue weighted by Crippen LogP contribution is -2.32. The highest BCUT2D eigenvalue weighted by Gasteiger charge is 2.17. The predicted octanol–water partition coefficient (Wildman–Crippen LogP) is 2.41. The molecule has 0 radical (unpaired) electrons. The van der Waals surface area contributed by atoms with Gasteiger partial charge in [0.15, 0.2) is 11.0 Å². The number of furan rings is 1. The molecule has 72 valence electrons. The van der Waals surface area contributed by atoms with Gasteiger partial charge in [0, 0.05) is 13.1 Å². The third kappa shape index (κ3) is 2.25. The van der Waals surface area contributed by atoms with Crippen LogP contribution in [0.5, 0.6) is 0 Å². The van der Waals surface area contributed by atoms with Crippen LogP contribution in [-0.2, 0) is 0 Å². The van der Waals surface area contributed by atoms with Crippen LogP contribution < -0.4 is 0 Å². The van der Waals surface area contributed by atoms with Gasteiger partial charge < -0.3 is 9.32 Å². The standard InChI is InChI=1S/C9H12ClNO2/c1-6(2)11(3)9(12)7-4-5-8(10)13-7/h4-6H,1-3H3. The van der Waals surface area contributed by atoms with E-state index in [0.29, 0.717) is 0 Å². The molecule has 0 bridgehead atoms. The average Bonchev–Trinajstić information content (AvgIpc) is 2.49. The van der Waals surface area contributed by atoms with E-state index in [0.717, 1.165) is 0 Å². The fraction of sp³-hybridized carbons (Fsp3) is 0.444. The third-order valence-electron chi connectivity index (χ3n) is 1.88. The molecule has 4 heteroatoms. The molecule has 1 amide bonds. The van der Waals surface area contributed by atoms with E-state index in [1.807, 2.05) is 13.8 Å². The molecule has 0 aliphatic heterocycles. The van der Waals surface area contributed by atoms with Gasteiger partial charge in [-0.3, -0.25) is 4.79 Å². The van der Waals surface area contributed by atoms with E-state index in [1.165, 1.54) is 0 Å². The summed E-state index contributed by atoms with van der Waals surface area (Å²) >= 11 is 5.55. The van der Waals surface area contributed by atoms with Crippen LogP contribution in [0.1, 0.15) is 24.4 Å². The number of hydrogen-bond acceptors (Lipinski definition) is 2. The average molecular weight is 202 g/mol. The summed E-state index contributed by atoms with van der Waals surface area (Å²) in [5, 5.41) is 0.237. The SMILES string of the molecule is CC(C)N(C)C(=O)c1ccc(Cl)o1. The fourth-order valence-corrected chi connectivity index (χ4v) is 0.984. The molecule has 0 spiro atoms. The molecule has 13 heavy (non-hydrogen) atoms. The minimum Gasteiger partial charge on any atom is -0.440 e. The number of rotatable bonds is 2. The Labute approximate surface area is 82.3 Å². The fourth-order valence-electron chi connectivity index (χ4n) is 0.838. The summed E-state index contributed by atoms with van der Waals surface area (Å²) in [7, 11) is 1.73. The van der Waals surface area contributed by atoms with Crippen molar-refractivity contribution in [1.29, 1.82) is 0 Å². The monoisotopic (exact) mass is 201 g/mol. The molecule has 3 nitrogen and oxygen atoms in total. The van der Waals surface area contributed by atoms with Crippen LogP contribution in [0.3, 0.4) is 0 Å². The van der Waals surface area contributed by atoms with E-state index < -0.39 is 0 Å². The zero-order valence-corrected chi connectivity index (χ0v) is 8.63. The van der Waals surface area contributed by atoms with Gasteiger partial charge in [0.2, 0.25) is 0 Å². The van der Waals surface area contributed by atoms with Crippen LogP contribution in [0.25, 0.3) is 0 Å². The molecule has 0 aromatic carbocycles. The Morgan fingerprint density at radius 2 is 2.15 bits per heavy atom. The number of nitrogens with zero attached hydrogens (tertiary/aromatic N) is 1. The number of carbonyl (C=O) groups excluding carboxylic acids is 1. The maximum atomic E-state index is 11.6. The maximum absolute atomic E-state index is 11.6. The molecule has 0 N–H and O–H groups in total. The van der Waals surface area contributed by atoms with E-state index in [4.69, 9.17) is 16.0 Å². The van der Waals surface area contributed by atoms with Crippen molar-refractivity contribution < 1.29 is 9.21 Å². The third-order valence-corrected chi connectivity index (χ3v) is 2.08. The van der Waals surface area contributed by atoms with Gasteiger partial charge in [-0.05, 0) is 37.6 Å². The highest BCUT2D eigenvalue weighted by atomic mass is 35.5. The zero-order valence-electron chi connectivity index (χ0n) is 7.87. The van der Waals surface area contributed by atoms with Crippen LogP contribution in [0.4, 0.5) is 0 Å². The lowest BCUT2D eigenvalue weighted by atomic mass is 10.3. The lowest BCUT2D eigenvalue weighted by molar-refractivity contribution is 0.0723. The van der Waals surface area contributed by atoms with E-state index in [-0.39, 0.29) is 22.9 Å². The molecule has 1 aromatic heterocycles. The van der Waals surface area contributed by atoms with E-state index in [9.17, 15) is 4.79 Å². The molecule has 1 aromatic rings.